The monoisotopic (exact) mass is 255 g/mol. The van der Waals surface area contributed by atoms with Gasteiger partial charge in [-0.2, -0.15) is 0 Å². The lowest BCUT2D eigenvalue weighted by atomic mass is 9.68. The minimum atomic E-state index is -0.443. The van der Waals surface area contributed by atoms with Crippen LogP contribution in [0.2, 0.25) is 0 Å². The molecule has 0 spiro atoms. The third kappa shape index (κ3) is 4.55. The first-order valence-corrected chi connectivity index (χ1v) is 7.95. The Morgan fingerprint density at radius 2 is 1.61 bits per heavy atom. The van der Waals surface area contributed by atoms with E-state index in [1.165, 1.54) is 44.9 Å². The molecule has 1 aliphatic rings. The molecule has 0 aromatic carbocycles. The third-order valence-corrected chi connectivity index (χ3v) is 4.74. The second-order valence-electron chi connectivity index (χ2n) is 6.71. The van der Waals surface area contributed by atoms with Crippen LogP contribution in [0.25, 0.3) is 0 Å². The lowest BCUT2D eigenvalue weighted by Gasteiger charge is -2.47. The van der Waals surface area contributed by atoms with Crippen molar-refractivity contribution in [3.8, 4) is 0 Å². The Morgan fingerprint density at radius 1 is 1.00 bits per heavy atom. The molecule has 0 bridgehead atoms. The van der Waals surface area contributed by atoms with Gasteiger partial charge in [-0.3, -0.25) is 0 Å². The van der Waals surface area contributed by atoms with E-state index < -0.39 is 5.60 Å². The molecule has 0 saturated carbocycles. The van der Waals surface area contributed by atoms with Crippen LogP contribution in [0.15, 0.2) is 0 Å². The Labute approximate surface area is 114 Å². The number of unbranched alkanes of at least 4 members (excludes halogenated alkanes) is 6. The number of piperidine rings is 1. The quantitative estimate of drug-likeness (QED) is 0.645. The van der Waals surface area contributed by atoms with Gasteiger partial charge in [-0.25, -0.2) is 0 Å². The molecule has 2 nitrogen and oxygen atoms in total. The molecule has 1 unspecified atom stereocenters. The van der Waals surface area contributed by atoms with Gasteiger partial charge in [-0.15, -0.1) is 0 Å². The molecule has 1 saturated heterocycles. The van der Waals surface area contributed by atoms with Crippen molar-refractivity contribution in [2.45, 2.75) is 84.2 Å². The molecule has 1 fully saturated rings. The maximum atomic E-state index is 10.8. The van der Waals surface area contributed by atoms with E-state index in [2.05, 4.69) is 26.1 Å². The van der Waals surface area contributed by atoms with Gasteiger partial charge in [0.05, 0.1) is 5.60 Å². The zero-order valence-corrected chi connectivity index (χ0v) is 12.7. The lowest BCUT2D eigenvalue weighted by Crippen LogP contribution is -2.55. The van der Waals surface area contributed by atoms with E-state index in [4.69, 9.17) is 0 Å². The number of hydrogen-bond donors (Lipinski definition) is 2. The number of rotatable bonds is 8. The summed E-state index contributed by atoms with van der Waals surface area (Å²) >= 11 is 0. The largest absolute Gasteiger partial charge is 0.389 e. The van der Waals surface area contributed by atoms with Gasteiger partial charge in [-0.05, 0) is 19.4 Å². The predicted octanol–water partition coefficient (Wildman–Crippen LogP) is 3.88. The average molecular weight is 255 g/mol. The van der Waals surface area contributed by atoms with Crippen LogP contribution in [0.4, 0.5) is 0 Å². The van der Waals surface area contributed by atoms with Crippen molar-refractivity contribution in [2.24, 2.45) is 5.41 Å². The Balaban J connectivity index is 2.17. The van der Waals surface area contributed by atoms with E-state index in [1.807, 2.05) is 0 Å². The lowest BCUT2D eigenvalue weighted by molar-refractivity contribution is -0.0947. The summed E-state index contributed by atoms with van der Waals surface area (Å²) in [4.78, 5) is 0. The molecule has 2 heteroatoms. The highest BCUT2D eigenvalue weighted by Crippen LogP contribution is 2.39. The standard InChI is InChI=1S/C16H33NO/c1-4-5-6-7-8-9-10-11-16(18)12-13-17-14-15(16,2)3/h17-18H,4-14H2,1-3H3. The fraction of sp³-hybridized carbons (Fsp3) is 1.00. The summed E-state index contributed by atoms with van der Waals surface area (Å²) in [5.74, 6) is 0. The molecule has 1 rings (SSSR count). The van der Waals surface area contributed by atoms with Gasteiger partial charge >= 0.3 is 0 Å². The molecule has 1 atom stereocenters. The van der Waals surface area contributed by atoms with Gasteiger partial charge in [0, 0.05) is 12.0 Å². The molecule has 18 heavy (non-hydrogen) atoms. The predicted molar refractivity (Wildman–Crippen MR) is 78.8 cm³/mol. The van der Waals surface area contributed by atoms with Crippen LogP contribution in [-0.2, 0) is 0 Å². The fourth-order valence-electron chi connectivity index (χ4n) is 3.04. The van der Waals surface area contributed by atoms with E-state index in [9.17, 15) is 5.11 Å². The highest BCUT2D eigenvalue weighted by atomic mass is 16.3. The van der Waals surface area contributed by atoms with Crippen LogP contribution >= 0.6 is 0 Å². The van der Waals surface area contributed by atoms with Crippen molar-refractivity contribution in [3.05, 3.63) is 0 Å². The Kier molecular flexibility index (Phi) is 6.65. The van der Waals surface area contributed by atoms with Crippen LogP contribution in [0, 0.1) is 5.41 Å². The topological polar surface area (TPSA) is 32.3 Å². The molecular weight excluding hydrogens is 222 g/mol. The number of hydrogen-bond acceptors (Lipinski definition) is 2. The summed E-state index contributed by atoms with van der Waals surface area (Å²) < 4.78 is 0. The molecule has 0 radical (unpaired) electrons. The zero-order valence-electron chi connectivity index (χ0n) is 12.7. The molecule has 0 amide bonds. The Bertz CT molecular complexity index is 227. The van der Waals surface area contributed by atoms with E-state index in [0.29, 0.717) is 0 Å². The van der Waals surface area contributed by atoms with Crippen molar-refractivity contribution in [2.75, 3.05) is 13.1 Å². The number of nitrogens with one attached hydrogen (secondary N) is 1. The van der Waals surface area contributed by atoms with E-state index in [-0.39, 0.29) is 5.41 Å². The van der Waals surface area contributed by atoms with Gasteiger partial charge in [0.25, 0.3) is 0 Å². The first kappa shape index (κ1) is 16.0. The fourth-order valence-corrected chi connectivity index (χ4v) is 3.04. The average Bonchev–Trinajstić information content (AvgIpc) is 2.32. The SMILES string of the molecule is CCCCCCCCCC1(O)CCNCC1(C)C. The van der Waals surface area contributed by atoms with Crippen LogP contribution in [0.5, 0.6) is 0 Å². The van der Waals surface area contributed by atoms with Crippen molar-refractivity contribution in [1.82, 2.24) is 5.32 Å². The summed E-state index contributed by atoms with van der Waals surface area (Å²) in [5, 5.41) is 14.2. The van der Waals surface area contributed by atoms with Crippen molar-refractivity contribution < 1.29 is 5.11 Å². The molecule has 1 heterocycles. The molecule has 2 N–H and O–H groups in total. The van der Waals surface area contributed by atoms with Gasteiger partial charge in [0.15, 0.2) is 0 Å². The maximum Gasteiger partial charge on any atom is 0.0722 e. The molecule has 0 aromatic heterocycles. The summed E-state index contributed by atoms with van der Waals surface area (Å²) in [6, 6.07) is 0. The van der Waals surface area contributed by atoms with Crippen LogP contribution in [-0.4, -0.2) is 23.8 Å². The van der Waals surface area contributed by atoms with Crippen LogP contribution in [0.1, 0.15) is 78.6 Å². The normalized spacial score (nSPS) is 27.3. The van der Waals surface area contributed by atoms with E-state index in [1.54, 1.807) is 0 Å². The summed E-state index contributed by atoms with van der Waals surface area (Å²) in [7, 11) is 0. The first-order chi connectivity index (χ1) is 8.52. The highest BCUT2D eigenvalue weighted by Gasteiger charge is 2.44. The van der Waals surface area contributed by atoms with Crippen molar-refractivity contribution in [3.63, 3.8) is 0 Å². The minimum Gasteiger partial charge on any atom is -0.389 e. The second kappa shape index (κ2) is 7.49. The van der Waals surface area contributed by atoms with Gasteiger partial charge < -0.3 is 10.4 Å². The first-order valence-electron chi connectivity index (χ1n) is 7.95. The highest BCUT2D eigenvalue weighted by molar-refractivity contribution is 4.98. The summed E-state index contributed by atoms with van der Waals surface area (Å²) in [6.45, 7) is 8.56. The Hall–Kier alpha value is -0.0800. The van der Waals surface area contributed by atoms with Gasteiger partial charge in [0.2, 0.25) is 0 Å². The van der Waals surface area contributed by atoms with E-state index >= 15 is 0 Å². The van der Waals surface area contributed by atoms with Crippen LogP contribution in [0.3, 0.4) is 0 Å². The van der Waals surface area contributed by atoms with Crippen LogP contribution < -0.4 is 5.32 Å². The smallest absolute Gasteiger partial charge is 0.0722 e. The molecular formula is C16H33NO. The van der Waals surface area contributed by atoms with Crippen molar-refractivity contribution in [1.29, 1.82) is 0 Å². The molecule has 108 valence electrons. The summed E-state index contributed by atoms with van der Waals surface area (Å²) in [5.41, 5.74) is -0.421. The van der Waals surface area contributed by atoms with Gasteiger partial charge in [-0.1, -0.05) is 65.7 Å². The molecule has 0 aromatic rings. The van der Waals surface area contributed by atoms with Crippen molar-refractivity contribution >= 4 is 0 Å². The third-order valence-electron chi connectivity index (χ3n) is 4.74. The zero-order chi connectivity index (χ0) is 13.5. The maximum absolute atomic E-state index is 10.8. The van der Waals surface area contributed by atoms with E-state index in [0.717, 1.165) is 25.9 Å². The van der Waals surface area contributed by atoms with Gasteiger partial charge in [0.1, 0.15) is 0 Å². The summed E-state index contributed by atoms with van der Waals surface area (Å²) in [6.07, 6.45) is 11.2. The minimum absolute atomic E-state index is 0.0213. The Morgan fingerprint density at radius 3 is 2.22 bits per heavy atom. The number of aliphatic hydroxyl groups is 1. The molecule has 0 aliphatic carbocycles. The second-order valence-corrected chi connectivity index (χ2v) is 6.71. The molecule has 1 aliphatic heterocycles.